The van der Waals surface area contributed by atoms with E-state index in [2.05, 4.69) is 64.2 Å². The van der Waals surface area contributed by atoms with Crippen LogP contribution in [0.15, 0.2) is 59.8 Å². The standard InChI is InChI=1S/C23H29N5OS/c1-16-11-13-19(14-12-16)28-20(17(2)24-21(29)25-23(3,4)5)26-27-22(28)30-15-18-9-7-6-8-10-18/h6-14,17H,15H2,1-5H3,(H2,24,25,29). The average molecular weight is 424 g/mol. The Morgan fingerprint density at radius 3 is 2.37 bits per heavy atom. The number of hydrogen-bond acceptors (Lipinski definition) is 4. The lowest BCUT2D eigenvalue weighted by molar-refractivity contribution is 0.228. The quantitative estimate of drug-likeness (QED) is 0.546. The Morgan fingerprint density at radius 2 is 1.73 bits per heavy atom. The highest BCUT2D eigenvalue weighted by atomic mass is 32.2. The average Bonchev–Trinajstić information content (AvgIpc) is 3.10. The number of benzene rings is 2. The van der Waals surface area contributed by atoms with Crippen molar-refractivity contribution in [2.24, 2.45) is 0 Å². The fraction of sp³-hybridized carbons (Fsp3) is 0.348. The Hall–Kier alpha value is -2.80. The number of aryl methyl sites for hydroxylation is 1. The van der Waals surface area contributed by atoms with Crippen LogP contribution in [0.1, 0.15) is 50.7 Å². The van der Waals surface area contributed by atoms with E-state index in [4.69, 9.17) is 0 Å². The van der Waals surface area contributed by atoms with E-state index in [-0.39, 0.29) is 17.6 Å². The van der Waals surface area contributed by atoms with Crippen LogP contribution in [0, 0.1) is 6.92 Å². The molecule has 2 amide bonds. The first-order valence-corrected chi connectivity index (χ1v) is 11.0. The van der Waals surface area contributed by atoms with Gasteiger partial charge < -0.3 is 10.6 Å². The van der Waals surface area contributed by atoms with Gasteiger partial charge in [0.1, 0.15) is 0 Å². The predicted molar refractivity (Wildman–Crippen MR) is 122 cm³/mol. The highest BCUT2D eigenvalue weighted by Gasteiger charge is 2.22. The number of urea groups is 1. The minimum Gasteiger partial charge on any atom is -0.334 e. The monoisotopic (exact) mass is 423 g/mol. The first kappa shape index (κ1) is 21.9. The van der Waals surface area contributed by atoms with Crippen LogP contribution in [0.2, 0.25) is 0 Å². The molecule has 0 spiro atoms. The molecule has 158 valence electrons. The summed E-state index contributed by atoms with van der Waals surface area (Å²) in [7, 11) is 0. The number of amides is 2. The molecule has 0 aliphatic heterocycles. The number of hydrogen-bond donors (Lipinski definition) is 2. The maximum atomic E-state index is 12.4. The molecule has 0 fully saturated rings. The van der Waals surface area contributed by atoms with Gasteiger partial charge in [-0.05, 0) is 52.3 Å². The Balaban J connectivity index is 1.87. The SMILES string of the molecule is Cc1ccc(-n2c(SCc3ccccc3)nnc2C(C)NC(=O)NC(C)(C)C)cc1. The summed E-state index contributed by atoms with van der Waals surface area (Å²) in [5, 5.41) is 15.6. The molecule has 1 unspecified atom stereocenters. The summed E-state index contributed by atoms with van der Waals surface area (Å²) in [5.74, 6) is 1.48. The van der Waals surface area contributed by atoms with Gasteiger partial charge in [0.2, 0.25) is 0 Å². The summed E-state index contributed by atoms with van der Waals surface area (Å²) < 4.78 is 2.02. The predicted octanol–water partition coefficient (Wildman–Crippen LogP) is 5.03. The Bertz CT molecular complexity index is 977. The largest absolute Gasteiger partial charge is 0.334 e. The molecule has 0 saturated carbocycles. The van der Waals surface area contributed by atoms with Crippen LogP contribution in [-0.4, -0.2) is 26.3 Å². The van der Waals surface area contributed by atoms with Crippen molar-refractivity contribution in [1.82, 2.24) is 25.4 Å². The van der Waals surface area contributed by atoms with Gasteiger partial charge >= 0.3 is 6.03 Å². The van der Waals surface area contributed by atoms with Crippen molar-refractivity contribution in [3.05, 3.63) is 71.5 Å². The van der Waals surface area contributed by atoms with Crippen LogP contribution in [0.3, 0.4) is 0 Å². The minimum atomic E-state index is -0.314. The summed E-state index contributed by atoms with van der Waals surface area (Å²) in [6.45, 7) is 9.82. The normalized spacial score (nSPS) is 12.4. The number of carbonyl (C=O) groups excluding carboxylic acids is 1. The molecule has 3 aromatic rings. The van der Waals surface area contributed by atoms with Crippen molar-refractivity contribution in [3.8, 4) is 5.69 Å². The van der Waals surface area contributed by atoms with Gasteiger partial charge in [-0.1, -0.05) is 59.8 Å². The molecule has 1 atom stereocenters. The van der Waals surface area contributed by atoms with Gasteiger partial charge in [0.05, 0.1) is 6.04 Å². The van der Waals surface area contributed by atoms with Crippen molar-refractivity contribution in [2.45, 2.75) is 57.1 Å². The van der Waals surface area contributed by atoms with Gasteiger partial charge in [-0.3, -0.25) is 4.57 Å². The molecule has 2 aromatic carbocycles. The van der Waals surface area contributed by atoms with Crippen molar-refractivity contribution < 1.29 is 4.79 Å². The molecule has 0 saturated heterocycles. The van der Waals surface area contributed by atoms with Gasteiger partial charge in [-0.15, -0.1) is 10.2 Å². The molecule has 3 rings (SSSR count). The molecule has 0 radical (unpaired) electrons. The van der Waals surface area contributed by atoms with E-state index < -0.39 is 0 Å². The van der Waals surface area contributed by atoms with E-state index in [1.54, 1.807) is 11.8 Å². The number of aromatic nitrogens is 3. The number of nitrogens with one attached hydrogen (secondary N) is 2. The second-order valence-corrected chi connectivity index (χ2v) is 9.30. The lowest BCUT2D eigenvalue weighted by Crippen LogP contribution is -2.47. The lowest BCUT2D eigenvalue weighted by atomic mass is 10.1. The molecule has 1 heterocycles. The molecule has 2 N–H and O–H groups in total. The molecule has 0 aliphatic rings. The Morgan fingerprint density at radius 1 is 1.07 bits per heavy atom. The van der Waals surface area contributed by atoms with Crippen molar-refractivity contribution >= 4 is 17.8 Å². The van der Waals surface area contributed by atoms with Gasteiger partial charge in [-0.25, -0.2) is 4.79 Å². The maximum absolute atomic E-state index is 12.4. The fourth-order valence-corrected chi connectivity index (χ4v) is 3.87. The van der Waals surface area contributed by atoms with Crippen LogP contribution in [0.4, 0.5) is 4.79 Å². The zero-order valence-electron chi connectivity index (χ0n) is 18.1. The number of thioether (sulfide) groups is 1. The molecule has 6 nitrogen and oxygen atoms in total. The van der Waals surface area contributed by atoms with Gasteiger partial charge in [0.15, 0.2) is 11.0 Å². The first-order chi connectivity index (χ1) is 14.2. The number of carbonyl (C=O) groups is 1. The molecule has 7 heteroatoms. The molecule has 0 aliphatic carbocycles. The third-order valence-electron chi connectivity index (χ3n) is 4.38. The Kier molecular flexibility index (Phi) is 6.82. The third-order valence-corrected chi connectivity index (χ3v) is 5.38. The van der Waals surface area contributed by atoms with E-state index >= 15 is 0 Å². The highest BCUT2D eigenvalue weighted by molar-refractivity contribution is 7.98. The van der Waals surface area contributed by atoms with Gasteiger partial charge in [0, 0.05) is 17.0 Å². The van der Waals surface area contributed by atoms with Crippen molar-refractivity contribution in [1.29, 1.82) is 0 Å². The van der Waals surface area contributed by atoms with Crippen LogP contribution >= 0.6 is 11.8 Å². The van der Waals surface area contributed by atoms with Crippen LogP contribution in [-0.2, 0) is 5.75 Å². The molecule has 30 heavy (non-hydrogen) atoms. The molecule has 0 bridgehead atoms. The second kappa shape index (κ2) is 9.34. The Labute approximate surface area is 182 Å². The summed E-state index contributed by atoms with van der Waals surface area (Å²) in [6.07, 6.45) is 0. The fourth-order valence-electron chi connectivity index (χ4n) is 2.95. The highest BCUT2D eigenvalue weighted by Crippen LogP contribution is 2.27. The van der Waals surface area contributed by atoms with Gasteiger partial charge in [0.25, 0.3) is 0 Å². The minimum absolute atomic E-state index is 0.230. The summed E-state index contributed by atoms with van der Waals surface area (Å²) >= 11 is 1.63. The van der Waals surface area contributed by atoms with Crippen LogP contribution in [0.5, 0.6) is 0 Å². The van der Waals surface area contributed by atoms with Crippen LogP contribution < -0.4 is 10.6 Å². The summed E-state index contributed by atoms with van der Waals surface area (Å²) in [5.41, 5.74) is 3.06. The smallest absolute Gasteiger partial charge is 0.315 e. The van der Waals surface area contributed by atoms with E-state index in [0.717, 1.165) is 16.6 Å². The van der Waals surface area contributed by atoms with E-state index in [1.807, 2.05) is 50.5 Å². The van der Waals surface area contributed by atoms with Crippen LogP contribution in [0.25, 0.3) is 5.69 Å². The van der Waals surface area contributed by atoms with E-state index in [0.29, 0.717) is 5.82 Å². The lowest BCUT2D eigenvalue weighted by Gasteiger charge is -2.23. The topological polar surface area (TPSA) is 71.8 Å². The number of nitrogens with zero attached hydrogens (tertiary/aromatic N) is 3. The molecular formula is C23H29N5OS. The van der Waals surface area contributed by atoms with E-state index in [1.165, 1.54) is 11.1 Å². The molecule has 1 aromatic heterocycles. The third kappa shape index (κ3) is 5.86. The second-order valence-electron chi connectivity index (χ2n) is 8.36. The molecular weight excluding hydrogens is 394 g/mol. The van der Waals surface area contributed by atoms with Gasteiger partial charge in [-0.2, -0.15) is 0 Å². The first-order valence-electron chi connectivity index (χ1n) is 10.0. The van der Waals surface area contributed by atoms with E-state index in [9.17, 15) is 4.79 Å². The maximum Gasteiger partial charge on any atom is 0.315 e. The van der Waals surface area contributed by atoms with Crippen molar-refractivity contribution in [2.75, 3.05) is 0 Å². The van der Waals surface area contributed by atoms with Crippen molar-refractivity contribution in [3.63, 3.8) is 0 Å². The summed E-state index contributed by atoms with van der Waals surface area (Å²) in [4.78, 5) is 12.4. The zero-order valence-corrected chi connectivity index (χ0v) is 19.0. The zero-order chi connectivity index (χ0) is 21.7. The summed E-state index contributed by atoms with van der Waals surface area (Å²) in [6, 6.07) is 18.0. The number of rotatable bonds is 6.